The van der Waals surface area contributed by atoms with E-state index in [1.807, 2.05) is 24.3 Å². The molecular weight excluding hydrogens is 355 g/mol. The van der Waals surface area contributed by atoms with Crippen LogP contribution in [0.2, 0.25) is 5.15 Å². The molecule has 0 amide bonds. The molecule has 2 nitrogen and oxygen atoms in total. The van der Waals surface area contributed by atoms with E-state index in [-0.39, 0.29) is 0 Å². The summed E-state index contributed by atoms with van der Waals surface area (Å²) < 4.78 is 1.77. The Morgan fingerprint density at radius 3 is 2.56 bits per heavy atom. The van der Waals surface area contributed by atoms with Crippen LogP contribution in [0.25, 0.3) is 0 Å². The van der Waals surface area contributed by atoms with Crippen LogP contribution in [0.1, 0.15) is 11.4 Å². The number of aromatic nitrogens is 2. The topological polar surface area (TPSA) is 25.8 Å². The Kier molecular flexibility index (Phi) is 3.95. The lowest BCUT2D eigenvalue weighted by molar-refractivity contribution is 0.959. The average Bonchev–Trinajstić information content (AvgIpc) is 2.27. The SMILES string of the molecule is Clc1nc(Cc2ccccc2Br)ncc1Br. The highest BCUT2D eigenvalue weighted by atomic mass is 79.9. The standard InChI is InChI=1S/C11H7Br2ClN2/c12-8-4-2-1-3-7(8)5-10-15-6-9(13)11(14)16-10/h1-4,6H,5H2. The van der Waals surface area contributed by atoms with E-state index in [1.54, 1.807) is 6.20 Å². The molecule has 2 rings (SSSR count). The maximum absolute atomic E-state index is 5.91. The predicted octanol–water partition coefficient (Wildman–Crippen LogP) is 4.25. The predicted molar refractivity (Wildman–Crippen MR) is 71.7 cm³/mol. The third-order valence-corrected chi connectivity index (χ3v) is 3.93. The molecule has 0 spiro atoms. The molecule has 0 aliphatic heterocycles. The second kappa shape index (κ2) is 5.25. The maximum Gasteiger partial charge on any atom is 0.146 e. The number of hydrogen-bond donors (Lipinski definition) is 0. The van der Waals surface area contributed by atoms with Crippen molar-refractivity contribution >= 4 is 43.5 Å². The second-order valence-electron chi connectivity index (χ2n) is 3.19. The largest absolute Gasteiger partial charge is 0.240 e. The number of hydrogen-bond acceptors (Lipinski definition) is 2. The normalized spacial score (nSPS) is 10.4. The van der Waals surface area contributed by atoms with Crippen LogP contribution in [-0.2, 0) is 6.42 Å². The molecule has 0 saturated carbocycles. The monoisotopic (exact) mass is 360 g/mol. The van der Waals surface area contributed by atoms with E-state index in [4.69, 9.17) is 11.6 Å². The molecule has 0 aliphatic rings. The van der Waals surface area contributed by atoms with Crippen LogP contribution >= 0.6 is 43.5 Å². The summed E-state index contributed by atoms with van der Waals surface area (Å²) in [5.41, 5.74) is 1.14. The smallest absolute Gasteiger partial charge is 0.146 e. The molecule has 82 valence electrons. The minimum atomic E-state index is 0.442. The van der Waals surface area contributed by atoms with E-state index in [0.717, 1.165) is 10.0 Å². The average molecular weight is 362 g/mol. The lowest BCUT2D eigenvalue weighted by Crippen LogP contribution is -1.97. The maximum atomic E-state index is 5.91. The first-order valence-electron chi connectivity index (χ1n) is 4.57. The van der Waals surface area contributed by atoms with Gasteiger partial charge in [0, 0.05) is 17.1 Å². The lowest BCUT2D eigenvalue weighted by Gasteiger charge is -2.03. The zero-order chi connectivity index (χ0) is 11.5. The summed E-state index contributed by atoms with van der Waals surface area (Å²) in [7, 11) is 0. The Balaban J connectivity index is 2.28. The molecule has 0 radical (unpaired) electrons. The van der Waals surface area contributed by atoms with Crippen LogP contribution in [0.15, 0.2) is 39.4 Å². The van der Waals surface area contributed by atoms with E-state index in [0.29, 0.717) is 21.9 Å². The van der Waals surface area contributed by atoms with Crippen LogP contribution in [0.5, 0.6) is 0 Å². The summed E-state index contributed by atoms with van der Waals surface area (Å²) in [5, 5.41) is 0.442. The van der Waals surface area contributed by atoms with E-state index in [9.17, 15) is 0 Å². The fourth-order valence-corrected chi connectivity index (χ4v) is 2.04. The summed E-state index contributed by atoms with van der Waals surface area (Å²) in [6.45, 7) is 0. The van der Waals surface area contributed by atoms with Crippen molar-refractivity contribution in [1.82, 2.24) is 9.97 Å². The van der Waals surface area contributed by atoms with Gasteiger partial charge in [-0.15, -0.1) is 0 Å². The zero-order valence-corrected chi connectivity index (χ0v) is 12.1. The van der Waals surface area contributed by atoms with Gasteiger partial charge in [0.25, 0.3) is 0 Å². The van der Waals surface area contributed by atoms with Gasteiger partial charge in [-0.2, -0.15) is 0 Å². The van der Waals surface area contributed by atoms with Crippen molar-refractivity contribution in [3.8, 4) is 0 Å². The first-order valence-corrected chi connectivity index (χ1v) is 6.53. The first kappa shape index (κ1) is 12.0. The van der Waals surface area contributed by atoms with Crippen molar-refractivity contribution in [1.29, 1.82) is 0 Å². The molecular formula is C11H7Br2ClN2. The molecule has 2 aromatic rings. The summed E-state index contributed by atoms with van der Waals surface area (Å²) in [6.07, 6.45) is 2.33. The van der Waals surface area contributed by atoms with Crippen molar-refractivity contribution in [3.63, 3.8) is 0 Å². The summed E-state index contributed by atoms with van der Waals surface area (Å²) in [5.74, 6) is 0.708. The number of halogens is 3. The van der Waals surface area contributed by atoms with Crippen molar-refractivity contribution in [3.05, 3.63) is 55.9 Å². The molecule has 0 atom stereocenters. The highest BCUT2D eigenvalue weighted by Crippen LogP contribution is 2.21. The van der Waals surface area contributed by atoms with Gasteiger partial charge in [-0.3, -0.25) is 0 Å². The molecule has 0 aliphatic carbocycles. The Morgan fingerprint density at radius 1 is 1.12 bits per heavy atom. The van der Waals surface area contributed by atoms with Crippen LogP contribution in [0.4, 0.5) is 0 Å². The third-order valence-electron chi connectivity index (χ3n) is 2.06. The van der Waals surface area contributed by atoms with Gasteiger partial charge in [-0.05, 0) is 27.6 Å². The highest BCUT2D eigenvalue weighted by molar-refractivity contribution is 9.10. The van der Waals surface area contributed by atoms with Crippen LogP contribution in [0.3, 0.4) is 0 Å². The first-order chi connectivity index (χ1) is 7.66. The quantitative estimate of drug-likeness (QED) is 0.747. The van der Waals surface area contributed by atoms with Crippen LogP contribution < -0.4 is 0 Å². The molecule has 1 heterocycles. The molecule has 1 aromatic heterocycles. The number of nitrogens with zero attached hydrogens (tertiary/aromatic N) is 2. The molecule has 0 unspecified atom stereocenters. The molecule has 0 bridgehead atoms. The van der Waals surface area contributed by atoms with E-state index < -0.39 is 0 Å². The van der Waals surface area contributed by atoms with Gasteiger partial charge in [0.2, 0.25) is 0 Å². The van der Waals surface area contributed by atoms with Gasteiger partial charge < -0.3 is 0 Å². The minimum Gasteiger partial charge on any atom is -0.240 e. The van der Waals surface area contributed by atoms with E-state index in [1.165, 1.54) is 0 Å². The van der Waals surface area contributed by atoms with Crippen molar-refractivity contribution in [2.24, 2.45) is 0 Å². The second-order valence-corrected chi connectivity index (χ2v) is 5.26. The van der Waals surface area contributed by atoms with Crippen molar-refractivity contribution < 1.29 is 0 Å². The van der Waals surface area contributed by atoms with Crippen LogP contribution in [-0.4, -0.2) is 9.97 Å². The summed E-state index contributed by atoms with van der Waals surface area (Å²) >= 11 is 12.7. The van der Waals surface area contributed by atoms with Crippen molar-refractivity contribution in [2.75, 3.05) is 0 Å². The lowest BCUT2D eigenvalue weighted by atomic mass is 10.1. The molecule has 0 N–H and O–H groups in total. The van der Waals surface area contributed by atoms with Gasteiger partial charge in [0.1, 0.15) is 11.0 Å². The minimum absolute atomic E-state index is 0.442. The molecule has 16 heavy (non-hydrogen) atoms. The molecule has 0 saturated heterocycles. The zero-order valence-electron chi connectivity index (χ0n) is 8.12. The number of benzene rings is 1. The van der Waals surface area contributed by atoms with Gasteiger partial charge >= 0.3 is 0 Å². The van der Waals surface area contributed by atoms with Gasteiger partial charge in [0.05, 0.1) is 4.47 Å². The van der Waals surface area contributed by atoms with Gasteiger partial charge in [-0.1, -0.05) is 45.7 Å². The Labute approximate surface area is 115 Å². The molecule has 5 heteroatoms. The molecule has 0 fully saturated rings. The third kappa shape index (κ3) is 2.81. The fourth-order valence-electron chi connectivity index (χ4n) is 1.28. The summed E-state index contributed by atoms with van der Waals surface area (Å²) in [4.78, 5) is 8.41. The number of rotatable bonds is 2. The highest BCUT2D eigenvalue weighted by Gasteiger charge is 2.05. The molecule has 1 aromatic carbocycles. The fraction of sp³-hybridized carbons (Fsp3) is 0.0909. The van der Waals surface area contributed by atoms with Crippen LogP contribution in [0, 0.1) is 0 Å². The Bertz CT molecular complexity index is 517. The van der Waals surface area contributed by atoms with Gasteiger partial charge in [-0.25, -0.2) is 9.97 Å². The Morgan fingerprint density at radius 2 is 1.88 bits per heavy atom. The van der Waals surface area contributed by atoms with E-state index in [2.05, 4.69) is 41.8 Å². The Hall–Kier alpha value is -0.450. The van der Waals surface area contributed by atoms with E-state index >= 15 is 0 Å². The van der Waals surface area contributed by atoms with Gasteiger partial charge in [0.15, 0.2) is 0 Å². The van der Waals surface area contributed by atoms with Crippen molar-refractivity contribution in [2.45, 2.75) is 6.42 Å². The summed E-state index contributed by atoms with van der Waals surface area (Å²) in [6, 6.07) is 7.99.